The van der Waals surface area contributed by atoms with Crippen molar-refractivity contribution >= 4 is 12.4 Å². The van der Waals surface area contributed by atoms with E-state index in [1.54, 1.807) is 0 Å². The molecule has 1 N–H and O–H groups in total. The van der Waals surface area contributed by atoms with Gasteiger partial charge in [-0.15, -0.1) is 12.4 Å². The van der Waals surface area contributed by atoms with Crippen molar-refractivity contribution in [3.05, 3.63) is 30.3 Å². The minimum Gasteiger partial charge on any atom is -0.492 e. The molecule has 80 valence electrons. The number of benzene rings is 1. The van der Waals surface area contributed by atoms with Gasteiger partial charge in [-0.2, -0.15) is 0 Å². The normalized spacial score (nSPS) is 9.64. The Morgan fingerprint density at radius 1 is 1.21 bits per heavy atom. The Bertz CT molecular complexity index is 226. The number of halogens is 1. The standard InChI is InChI=1S/C11H17NO.ClH/c1-10(2)12-8-9-13-11-6-4-3-5-7-11;/h3-7,10,12H,8-9H2,1-2H3;1H. The van der Waals surface area contributed by atoms with Crippen LogP contribution < -0.4 is 10.1 Å². The van der Waals surface area contributed by atoms with Gasteiger partial charge in [0.05, 0.1) is 0 Å². The molecule has 0 amide bonds. The molecule has 0 spiro atoms. The van der Waals surface area contributed by atoms with E-state index < -0.39 is 0 Å². The number of hydrogen-bond acceptors (Lipinski definition) is 2. The Morgan fingerprint density at radius 2 is 1.86 bits per heavy atom. The Morgan fingerprint density at radius 3 is 2.43 bits per heavy atom. The lowest BCUT2D eigenvalue weighted by molar-refractivity contribution is 0.309. The first-order valence-electron chi connectivity index (χ1n) is 4.70. The summed E-state index contributed by atoms with van der Waals surface area (Å²) in [6, 6.07) is 10.4. The van der Waals surface area contributed by atoms with Crippen LogP contribution >= 0.6 is 12.4 Å². The van der Waals surface area contributed by atoms with Crippen molar-refractivity contribution in [3.8, 4) is 5.75 Å². The highest BCUT2D eigenvalue weighted by Gasteiger charge is 1.92. The molecule has 0 aromatic heterocycles. The molecule has 1 aromatic carbocycles. The van der Waals surface area contributed by atoms with E-state index in [4.69, 9.17) is 4.74 Å². The summed E-state index contributed by atoms with van der Waals surface area (Å²) in [6.07, 6.45) is 0. The summed E-state index contributed by atoms with van der Waals surface area (Å²) in [5.74, 6) is 0.938. The van der Waals surface area contributed by atoms with Crippen LogP contribution in [0.4, 0.5) is 0 Å². The molecule has 0 aliphatic carbocycles. The van der Waals surface area contributed by atoms with E-state index in [9.17, 15) is 0 Å². The van der Waals surface area contributed by atoms with Gasteiger partial charge in [0.2, 0.25) is 0 Å². The number of para-hydroxylation sites is 1. The molecule has 0 radical (unpaired) electrons. The van der Waals surface area contributed by atoms with Gasteiger partial charge in [0.1, 0.15) is 12.4 Å². The van der Waals surface area contributed by atoms with Gasteiger partial charge in [-0.3, -0.25) is 0 Å². The summed E-state index contributed by atoms with van der Waals surface area (Å²) in [5.41, 5.74) is 0. The zero-order chi connectivity index (χ0) is 9.52. The van der Waals surface area contributed by atoms with Gasteiger partial charge in [0.15, 0.2) is 0 Å². The Balaban J connectivity index is 0.00000169. The Kier molecular flexibility index (Phi) is 7.25. The van der Waals surface area contributed by atoms with Crippen molar-refractivity contribution in [2.45, 2.75) is 19.9 Å². The predicted molar refractivity (Wildman–Crippen MR) is 62.3 cm³/mol. The molecule has 0 aliphatic heterocycles. The first-order valence-corrected chi connectivity index (χ1v) is 4.70. The highest BCUT2D eigenvalue weighted by Crippen LogP contribution is 2.07. The summed E-state index contributed by atoms with van der Waals surface area (Å²) >= 11 is 0. The van der Waals surface area contributed by atoms with E-state index in [1.165, 1.54) is 0 Å². The van der Waals surface area contributed by atoms with Crippen LogP contribution in [0.3, 0.4) is 0 Å². The van der Waals surface area contributed by atoms with E-state index in [2.05, 4.69) is 19.2 Å². The third-order valence-corrected chi connectivity index (χ3v) is 1.67. The van der Waals surface area contributed by atoms with E-state index in [0.29, 0.717) is 6.04 Å². The molecule has 0 atom stereocenters. The van der Waals surface area contributed by atoms with Gasteiger partial charge >= 0.3 is 0 Å². The van der Waals surface area contributed by atoms with E-state index in [-0.39, 0.29) is 12.4 Å². The van der Waals surface area contributed by atoms with E-state index >= 15 is 0 Å². The van der Waals surface area contributed by atoms with Crippen LogP contribution in [-0.4, -0.2) is 19.2 Å². The third-order valence-electron chi connectivity index (χ3n) is 1.67. The monoisotopic (exact) mass is 215 g/mol. The van der Waals surface area contributed by atoms with Crippen LogP contribution in [0, 0.1) is 0 Å². The highest BCUT2D eigenvalue weighted by atomic mass is 35.5. The third kappa shape index (κ3) is 5.84. The molecule has 14 heavy (non-hydrogen) atoms. The molecule has 0 saturated carbocycles. The second-order valence-electron chi connectivity index (χ2n) is 3.27. The van der Waals surface area contributed by atoms with Gasteiger partial charge in [-0.1, -0.05) is 32.0 Å². The number of rotatable bonds is 5. The smallest absolute Gasteiger partial charge is 0.119 e. The van der Waals surface area contributed by atoms with Crippen LogP contribution in [0.1, 0.15) is 13.8 Å². The van der Waals surface area contributed by atoms with Gasteiger partial charge < -0.3 is 10.1 Å². The van der Waals surface area contributed by atoms with Gasteiger partial charge in [-0.05, 0) is 12.1 Å². The van der Waals surface area contributed by atoms with Crippen molar-refractivity contribution in [1.29, 1.82) is 0 Å². The van der Waals surface area contributed by atoms with Crippen LogP contribution in [0.5, 0.6) is 5.75 Å². The quantitative estimate of drug-likeness (QED) is 0.763. The summed E-state index contributed by atoms with van der Waals surface area (Å²) in [5, 5.41) is 3.29. The molecular weight excluding hydrogens is 198 g/mol. The Labute approximate surface area is 92.1 Å². The van der Waals surface area contributed by atoms with E-state index in [0.717, 1.165) is 18.9 Å². The van der Waals surface area contributed by atoms with Gasteiger partial charge in [0.25, 0.3) is 0 Å². The van der Waals surface area contributed by atoms with Crippen LogP contribution in [-0.2, 0) is 0 Å². The number of nitrogens with one attached hydrogen (secondary N) is 1. The molecule has 2 nitrogen and oxygen atoms in total. The molecule has 3 heteroatoms. The minimum atomic E-state index is 0. The fourth-order valence-corrected chi connectivity index (χ4v) is 1.03. The molecule has 0 heterocycles. The molecule has 0 aliphatic rings. The maximum absolute atomic E-state index is 5.49. The average Bonchev–Trinajstić information content (AvgIpc) is 2.14. The molecule has 0 fully saturated rings. The SMILES string of the molecule is CC(C)NCCOc1ccccc1.Cl. The largest absolute Gasteiger partial charge is 0.492 e. The highest BCUT2D eigenvalue weighted by molar-refractivity contribution is 5.85. The topological polar surface area (TPSA) is 21.3 Å². The maximum atomic E-state index is 5.49. The zero-order valence-corrected chi connectivity index (χ0v) is 9.51. The summed E-state index contributed by atoms with van der Waals surface area (Å²) < 4.78 is 5.49. The lowest BCUT2D eigenvalue weighted by Crippen LogP contribution is -2.27. The number of ether oxygens (including phenoxy) is 1. The van der Waals surface area contributed by atoms with Crippen molar-refractivity contribution in [1.82, 2.24) is 5.32 Å². The number of hydrogen-bond donors (Lipinski definition) is 1. The minimum absolute atomic E-state index is 0. The summed E-state index contributed by atoms with van der Waals surface area (Å²) in [6.45, 7) is 5.87. The summed E-state index contributed by atoms with van der Waals surface area (Å²) in [4.78, 5) is 0. The fraction of sp³-hybridized carbons (Fsp3) is 0.455. The average molecular weight is 216 g/mol. The molecule has 0 unspecified atom stereocenters. The van der Waals surface area contributed by atoms with Crippen molar-refractivity contribution < 1.29 is 4.74 Å². The van der Waals surface area contributed by atoms with Crippen LogP contribution in [0.15, 0.2) is 30.3 Å². The molecule has 1 aromatic rings. The Hall–Kier alpha value is -0.730. The van der Waals surface area contributed by atoms with E-state index in [1.807, 2.05) is 30.3 Å². The zero-order valence-electron chi connectivity index (χ0n) is 8.69. The maximum Gasteiger partial charge on any atom is 0.119 e. The molecule has 0 saturated heterocycles. The lowest BCUT2D eigenvalue weighted by Gasteiger charge is -2.09. The van der Waals surface area contributed by atoms with Crippen molar-refractivity contribution in [2.24, 2.45) is 0 Å². The van der Waals surface area contributed by atoms with Crippen molar-refractivity contribution in [3.63, 3.8) is 0 Å². The molecule has 0 bridgehead atoms. The van der Waals surface area contributed by atoms with Crippen molar-refractivity contribution in [2.75, 3.05) is 13.2 Å². The molecule has 1 rings (SSSR count). The van der Waals surface area contributed by atoms with Crippen LogP contribution in [0.25, 0.3) is 0 Å². The first kappa shape index (κ1) is 13.3. The predicted octanol–water partition coefficient (Wildman–Crippen LogP) is 2.49. The van der Waals surface area contributed by atoms with Gasteiger partial charge in [-0.25, -0.2) is 0 Å². The lowest BCUT2D eigenvalue weighted by atomic mass is 10.3. The second-order valence-corrected chi connectivity index (χ2v) is 3.27. The second kappa shape index (κ2) is 7.65. The first-order chi connectivity index (χ1) is 6.29. The fourth-order valence-electron chi connectivity index (χ4n) is 1.03. The van der Waals surface area contributed by atoms with Crippen LogP contribution in [0.2, 0.25) is 0 Å². The summed E-state index contributed by atoms with van der Waals surface area (Å²) in [7, 11) is 0. The molecular formula is C11H18ClNO. The van der Waals surface area contributed by atoms with Gasteiger partial charge in [0, 0.05) is 12.6 Å².